The van der Waals surface area contributed by atoms with Crippen LogP contribution in [0.2, 0.25) is 0 Å². The summed E-state index contributed by atoms with van der Waals surface area (Å²) in [4.78, 5) is 11.5. The second-order valence-corrected chi connectivity index (χ2v) is 8.36. The zero-order valence-corrected chi connectivity index (χ0v) is 19.3. The molecule has 0 amide bonds. The second-order valence-electron chi connectivity index (χ2n) is 8.36. The Morgan fingerprint density at radius 1 is 1.06 bits per heavy atom. The molecule has 174 valence electrons. The van der Waals surface area contributed by atoms with Crippen LogP contribution in [0.1, 0.15) is 41.7 Å². The molecule has 7 heteroatoms. The van der Waals surface area contributed by atoms with Crippen LogP contribution in [-0.2, 0) is 19.4 Å². The van der Waals surface area contributed by atoms with E-state index in [1.54, 1.807) is 12.1 Å². The van der Waals surface area contributed by atoms with Crippen molar-refractivity contribution >= 4 is 18.1 Å². The fourth-order valence-corrected chi connectivity index (χ4v) is 4.46. The lowest BCUT2D eigenvalue weighted by atomic mass is 9.84. The first-order valence-electron chi connectivity index (χ1n) is 11.0. The molecule has 0 fully saturated rings. The van der Waals surface area contributed by atoms with Gasteiger partial charge in [0.05, 0.1) is 11.0 Å². The highest BCUT2D eigenvalue weighted by Crippen LogP contribution is 2.41. The van der Waals surface area contributed by atoms with Gasteiger partial charge in [-0.1, -0.05) is 66.7 Å². The quantitative estimate of drug-likeness (QED) is 0.352. The molecule has 3 aromatic rings. The fourth-order valence-electron chi connectivity index (χ4n) is 4.46. The molecule has 6 nitrogen and oxygen atoms in total. The summed E-state index contributed by atoms with van der Waals surface area (Å²) >= 11 is 0. The van der Waals surface area contributed by atoms with E-state index in [1.807, 2.05) is 48.5 Å². The minimum absolute atomic E-state index is 0. The van der Waals surface area contributed by atoms with Gasteiger partial charge in [-0.25, -0.2) is 0 Å². The van der Waals surface area contributed by atoms with E-state index in [9.17, 15) is 15.2 Å². The Balaban J connectivity index is 0.00000306. The van der Waals surface area contributed by atoms with Crippen LogP contribution in [0.5, 0.6) is 5.75 Å². The summed E-state index contributed by atoms with van der Waals surface area (Å²) in [6.45, 7) is 2.35. The van der Waals surface area contributed by atoms with Crippen molar-refractivity contribution in [3.8, 4) is 5.75 Å². The molecule has 0 saturated carbocycles. The summed E-state index contributed by atoms with van der Waals surface area (Å²) in [5.74, 6) is 0.244. The Kier molecular flexibility index (Phi) is 8.44. The molecule has 0 aromatic heterocycles. The normalized spacial score (nSPS) is 18.0. The van der Waals surface area contributed by atoms with Gasteiger partial charge in [0.2, 0.25) is 0 Å². The molecule has 3 unspecified atom stereocenters. The number of nitrogens with zero attached hydrogens (tertiary/aromatic N) is 1. The van der Waals surface area contributed by atoms with E-state index in [0.29, 0.717) is 24.0 Å². The van der Waals surface area contributed by atoms with E-state index in [0.717, 1.165) is 12.0 Å². The minimum Gasteiger partial charge on any atom is -0.482 e. The Labute approximate surface area is 200 Å². The number of hydrogen-bond donors (Lipinski definition) is 2. The first-order valence-corrected chi connectivity index (χ1v) is 11.0. The Hall–Kier alpha value is -2.93. The summed E-state index contributed by atoms with van der Waals surface area (Å²) in [6, 6.07) is 23.2. The van der Waals surface area contributed by atoms with Crippen LogP contribution in [0.3, 0.4) is 0 Å². The van der Waals surface area contributed by atoms with E-state index in [4.69, 9.17) is 4.74 Å². The lowest BCUT2D eigenvalue weighted by Crippen LogP contribution is -2.44. The van der Waals surface area contributed by atoms with Crippen LogP contribution < -0.4 is 10.1 Å². The predicted octanol–water partition coefficient (Wildman–Crippen LogP) is 5.16. The zero-order valence-electron chi connectivity index (χ0n) is 18.5. The highest BCUT2D eigenvalue weighted by atomic mass is 35.5. The third-order valence-electron chi connectivity index (χ3n) is 5.99. The van der Waals surface area contributed by atoms with Crippen LogP contribution in [0.25, 0.3) is 0 Å². The summed E-state index contributed by atoms with van der Waals surface area (Å²) in [7, 11) is 0. The maximum atomic E-state index is 11.9. The van der Waals surface area contributed by atoms with Gasteiger partial charge >= 0.3 is 5.69 Å². The van der Waals surface area contributed by atoms with Gasteiger partial charge in [0, 0.05) is 17.6 Å². The SMILES string of the molecule is CC(Cc1ccccc1)NC1CCc2c(ccc(OCc3ccccc3)c2[N+](=O)[O-])C1O.Cl. The highest BCUT2D eigenvalue weighted by molar-refractivity contribution is 5.85. The summed E-state index contributed by atoms with van der Waals surface area (Å²) in [5.41, 5.74) is 3.32. The molecule has 2 N–H and O–H groups in total. The largest absolute Gasteiger partial charge is 0.482 e. The van der Waals surface area contributed by atoms with Gasteiger partial charge in [-0.05, 0) is 48.9 Å². The van der Waals surface area contributed by atoms with E-state index < -0.39 is 11.0 Å². The van der Waals surface area contributed by atoms with Crippen molar-refractivity contribution in [1.82, 2.24) is 5.32 Å². The number of ether oxygens (including phenoxy) is 1. The molecule has 1 aliphatic rings. The molecule has 0 bridgehead atoms. The molecule has 0 spiro atoms. The number of rotatable bonds is 8. The van der Waals surface area contributed by atoms with Crippen molar-refractivity contribution in [3.05, 3.63) is 105 Å². The van der Waals surface area contributed by atoms with Crippen LogP contribution in [-0.4, -0.2) is 22.1 Å². The summed E-state index contributed by atoms with van der Waals surface area (Å²) < 4.78 is 5.80. The van der Waals surface area contributed by atoms with Gasteiger partial charge in [-0.3, -0.25) is 10.1 Å². The third-order valence-corrected chi connectivity index (χ3v) is 5.99. The molecule has 33 heavy (non-hydrogen) atoms. The standard InChI is InChI=1S/C26H28N2O4.ClH/c1-18(16-19-8-4-2-5-9-19)27-23-14-12-21-22(26(23)29)13-15-24(25(21)28(30)31)32-17-20-10-6-3-7-11-20;/h2-11,13,15,18,23,26-27,29H,12,14,16-17H2,1H3;1H. The van der Waals surface area contributed by atoms with Gasteiger partial charge in [-0.15, -0.1) is 12.4 Å². The summed E-state index contributed by atoms with van der Waals surface area (Å²) in [5, 5.41) is 26.4. The number of nitrogens with one attached hydrogen (secondary N) is 1. The van der Waals surface area contributed by atoms with Gasteiger partial charge in [-0.2, -0.15) is 0 Å². The van der Waals surface area contributed by atoms with Crippen molar-refractivity contribution in [1.29, 1.82) is 0 Å². The van der Waals surface area contributed by atoms with Gasteiger partial charge in [0.15, 0.2) is 5.75 Å². The molecule has 0 aliphatic heterocycles. The Morgan fingerprint density at radius 2 is 1.70 bits per heavy atom. The smallest absolute Gasteiger partial charge is 0.314 e. The van der Waals surface area contributed by atoms with Crippen molar-refractivity contribution in [2.45, 2.75) is 51.0 Å². The molecule has 0 heterocycles. The van der Waals surface area contributed by atoms with Crippen LogP contribution >= 0.6 is 12.4 Å². The number of fused-ring (bicyclic) bond motifs is 1. The molecule has 3 atom stereocenters. The molecular weight excluding hydrogens is 440 g/mol. The number of aliphatic hydroxyl groups is 1. The lowest BCUT2D eigenvalue weighted by molar-refractivity contribution is -0.386. The van der Waals surface area contributed by atoms with E-state index in [-0.39, 0.29) is 42.5 Å². The molecule has 1 aliphatic carbocycles. The average Bonchev–Trinajstić information content (AvgIpc) is 2.80. The minimum atomic E-state index is -0.807. The first kappa shape index (κ1) is 24.7. The van der Waals surface area contributed by atoms with Crippen LogP contribution in [0.15, 0.2) is 72.8 Å². The Bertz CT molecular complexity index is 1060. The lowest BCUT2D eigenvalue weighted by Gasteiger charge is -2.33. The van der Waals surface area contributed by atoms with Gasteiger partial charge in [0.25, 0.3) is 0 Å². The number of benzene rings is 3. The van der Waals surface area contributed by atoms with E-state index in [1.165, 1.54) is 5.56 Å². The second kappa shape index (κ2) is 11.3. The topological polar surface area (TPSA) is 84.6 Å². The molecular formula is C26H29ClN2O4. The van der Waals surface area contributed by atoms with Crippen molar-refractivity contribution in [2.75, 3.05) is 0 Å². The average molecular weight is 469 g/mol. The molecule has 4 rings (SSSR count). The van der Waals surface area contributed by atoms with Crippen molar-refractivity contribution in [2.24, 2.45) is 0 Å². The summed E-state index contributed by atoms with van der Waals surface area (Å²) in [6.07, 6.45) is 1.18. The van der Waals surface area contributed by atoms with Gasteiger partial charge < -0.3 is 15.2 Å². The number of halogens is 1. The van der Waals surface area contributed by atoms with E-state index >= 15 is 0 Å². The number of hydrogen-bond acceptors (Lipinski definition) is 5. The van der Waals surface area contributed by atoms with E-state index in [2.05, 4.69) is 24.4 Å². The number of nitro groups is 1. The third kappa shape index (κ3) is 5.90. The maximum Gasteiger partial charge on any atom is 0.314 e. The monoisotopic (exact) mass is 468 g/mol. The van der Waals surface area contributed by atoms with Crippen molar-refractivity contribution in [3.63, 3.8) is 0 Å². The molecule has 0 saturated heterocycles. The fraction of sp³-hybridized carbons (Fsp3) is 0.308. The zero-order chi connectivity index (χ0) is 22.5. The molecule has 3 aromatic carbocycles. The van der Waals surface area contributed by atoms with Gasteiger partial charge in [0.1, 0.15) is 6.61 Å². The van der Waals surface area contributed by atoms with Crippen molar-refractivity contribution < 1.29 is 14.8 Å². The highest BCUT2D eigenvalue weighted by Gasteiger charge is 2.35. The number of aliphatic hydroxyl groups excluding tert-OH is 1. The maximum absolute atomic E-state index is 11.9. The molecule has 0 radical (unpaired) electrons. The first-order chi connectivity index (χ1) is 15.5. The number of nitro benzene ring substituents is 1. The van der Waals surface area contributed by atoms with Crippen LogP contribution in [0, 0.1) is 10.1 Å². The predicted molar refractivity (Wildman–Crippen MR) is 131 cm³/mol. The van der Waals surface area contributed by atoms with Crippen LogP contribution in [0.4, 0.5) is 5.69 Å². The Morgan fingerprint density at radius 3 is 2.33 bits per heavy atom.